The van der Waals surface area contributed by atoms with E-state index in [1.54, 1.807) is 0 Å². The first-order chi connectivity index (χ1) is 13.9. The molecule has 1 aliphatic rings. The molecule has 1 aromatic rings. The largest absolute Gasteiger partial charge is 0.445 e. The molecule has 8 heteroatoms. The molecule has 0 aliphatic carbocycles. The van der Waals surface area contributed by atoms with E-state index in [0.717, 1.165) is 5.56 Å². The zero-order chi connectivity index (χ0) is 21.2. The van der Waals surface area contributed by atoms with Crippen molar-refractivity contribution in [3.63, 3.8) is 0 Å². The Morgan fingerprint density at radius 3 is 2.41 bits per heavy atom. The molecule has 1 aliphatic heterocycles. The lowest BCUT2D eigenvalue weighted by atomic mass is 9.98. The number of likely N-dealkylation sites (tertiary alicyclic amines) is 1. The number of benzene rings is 1. The molecule has 2 atom stereocenters. The molecule has 1 saturated heterocycles. The summed E-state index contributed by atoms with van der Waals surface area (Å²) in [5.41, 5.74) is 0.859. The van der Waals surface area contributed by atoms with Crippen molar-refractivity contribution in [2.75, 3.05) is 13.1 Å². The van der Waals surface area contributed by atoms with Gasteiger partial charge in [-0.15, -0.1) is 0 Å². The van der Waals surface area contributed by atoms with Crippen LogP contribution in [0, 0.1) is 5.92 Å². The van der Waals surface area contributed by atoms with Crippen LogP contribution in [-0.2, 0) is 25.7 Å². The second-order valence-electron chi connectivity index (χ2n) is 7.15. The first kappa shape index (κ1) is 22.4. The van der Waals surface area contributed by atoms with Gasteiger partial charge in [0.25, 0.3) is 0 Å². The van der Waals surface area contributed by atoms with Crippen LogP contribution in [0.15, 0.2) is 30.3 Å². The van der Waals surface area contributed by atoms with Crippen LogP contribution in [0.1, 0.15) is 45.1 Å². The van der Waals surface area contributed by atoms with Gasteiger partial charge in [0.1, 0.15) is 12.6 Å². The number of nitrogens with one attached hydrogen (secondary N) is 2. The molecular formula is C21H29N3O5. The number of amides is 4. The van der Waals surface area contributed by atoms with Gasteiger partial charge < -0.3 is 15.4 Å². The molecule has 2 N–H and O–H groups in total. The van der Waals surface area contributed by atoms with Gasteiger partial charge in [0.2, 0.25) is 17.7 Å². The van der Waals surface area contributed by atoms with E-state index in [4.69, 9.17) is 4.74 Å². The summed E-state index contributed by atoms with van der Waals surface area (Å²) in [5, 5.41) is 5.41. The van der Waals surface area contributed by atoms with Crippen molar-refractivity contribution in [1.29, 1.82) is 0 Å². The fourth-order valence-corrected chi connectivity index (χ4v) is 3.02. The normalized spacial score (nSPS) is 15.7. The van der Waals surface area contributed by atoms with E-state index in [9.17, 15) is 19.2 Å². The van der Waals surface area contributed by atoms with Crippen LogP contribution >= 0.6 is 0 Å². The van der Waals surface area contributed by atoms with Gasteiger partial charge in [-0.1, -0.05) is 50.6 Å². The standard InChI is InChI=1S/C21H29N3O5/c1-3-15(2)19(23-21(28)29-14-16-8-5-4-6-9-16)20(27)22-12-7-13-24-17(25)10-11-18(24)26/h4-6,8-9,15,19H,3,7,10-14H2,1-2H3,(H,22,27)(H,23,28)/t15-,19-/m0/s1. The van der Waals surface area contributed by atoms with E-state index in [1.165, 1.54) is 4.90 Å². The Balaban J connectivity index is 1.78. The van der Waals surface area contributed by atoms with Crippen molar-refractivity contribution in [3.8, 4) is 0 Å². The minimum absolute atomic E-state index is 0.0824. The highest BCUT2D eigenvalue weighted by atomic mass is 16.5. The third-order valence-corrected chi connectivity index (χ3v) is 4.99. The minimum Gasteiger partial charge on any atom is -0.445 e. The number of carbonyl (C=O) groups is 4. The third kappa shape index (κ3) is 6.89. The van der Waals surface area contributed by atoms with Crippen molar-refractivity contribution in [3.05, 3.63) is 35.9 Å². The molecule has 158 valence electrons. The molecule has 1 aromatic carbocycles. The van der Waals surface area contributed by atoms with Crippen molar-refractivity contribution < 1.29 is 23.9 Å². The maximum absolute atomic E-state index is 12.5. The van der Waals surface area contributed by atoms with E-state index in [-0.39, 0.29) is 43.1 Å². The van der Waals surface area contributed by atoms with E-state index in [0.29, 0.717) is 25.9 Å². The molecule has 0 unspecified atom stereocenters. The van der Waals surface area contributed by atoms with Gasteiger partial charge in [-0.05, 0) is 17.9 Å². The maximum atomic E-state index is 12.5. The molecular weight excluding hydrogens is 374 g/mol. The van der Waals surface area contributed by atoms with E-state index in [1.807, 2.05) is 44.2 Å². The zero-order valence-corrected chi connectivity index (χ0v) is 17.0. The highest BCUT2D eigenvalue weighted by molar-refractivity contribution is 6.01. The van der Waals surface area contributed by atoms with Crippen LogP contribution in [0.5, 0.6) is 0 Å². The average molecular weight is 403 g/mol. The summed E-state index contributed by atoms with van der Waals surface area (Å²) in [5.74, 6) is -0.723. The highest BCUT2D eigenvalue weighted by Gasteiger charge is 2.29. The molecule has 0 saturated carbocycles. The molecule has 8 nitrogen and oxygen atoms in total. The lowest BCUT2D eigenvalue weighted by Gasteiger charge is -2.23. The number of carbonyl (C=O) groups excluding carboxylic acids is 4. The number of hydrogen-bond acceptors (Lipinski definition) is 5. The number of nitrogens with zero attached hydrogens (tertiary/aromatic N) is 1. The third-order valence-electron chi connectivity index (χ3n) is 4.99. The number of ether oxygens (including phenoxy) is 1. The topological polar surface area (TPSA) is 105 Å². The van der Waals surface area contributed by atoms with Gasteiger partial charge >= 0.3 is 6.09 Å². The number of hydrogen-bond donors (Lipinski definition) is 2. The monoisotopic (exact) mass is 403 g/mol. The molecule has 0 radical (unpaired) electrons. The summed E-state index contributed by atoms with van der Waals surface area (Å²) < 4.78 is 5.21. The van der Waals surface area contributed by atoms with Crippen molar-refractivity contribution >= 4 is 23.8 Å². The SMILES string of the molecule is CC[C@H](C)[C@H](NC(=O)OCc1ccccc1)C(=O)NCCCN1C(=O)CCC1=O. The Morgan fingerprint density at radius 2 is 1.79 bits per heavy atom. The zero-order valence-electron chi connectivity index (χ0n) is 17.0. The van der Waals surface area contributed by atoms with E-state index < -0.39 is 12.1 Å². The molecule has 0 spiro atoms. The van der Waals surface area contributed by atoms with Gasteiger partial charge in [0, 0.05) is 25.9 Å². The second kappa shape index (κ2) is 11.2. The summed E-state index contributed by atoms with van der Waals surface area (Å²) in [6.45, 7) is 4.54. The van der Waals surface area contributed by atoms with Crippen LogP contribution in [0.25, 0.3) is 0 Å². The van der Waals surface area contributed by atoms with Gasteiger partial charge in [0.15, 0.2) is 0 Å². The van der Waals surface area contributed by atoms with Gasteiger partial charge in [-0.3, -0.25) is 19.3 Å². The number of rotatable bonds is 10. The fourth-order valence-electron chi connectivity index (χ4n) is 3.02. The van der Waals surface area contributed by atoms with Crippen LogP contribution in [-0.4, -0.2) is 47.8 Å². The number of imide groups is 1. The first-order valence-electron chi connectivity index (χ1n) is 10.0. The summed E-state index contributed by atoms with van der Waals surface area (Å²) in [4.78, 5) is 49.1. The molecule has 0 bridgehead atoms. The minimum atomic E-state index is -0.724. The summed E-state index contributed by atoms with van der Waals surface area (Å²) >= 11 is 0. The van der Waals surface area contributed by atoms with Crippen LogP contribution in [0.3, 0.4) is 0 Å². The lowest BCUT2D eigenvalue weighted by molar-refractivity contribution is -0.138. The highest BCUT2D eigenvalue weighted by Crippen LogP contribution is 2.12. The Labute approximate surface area is 171 Å². The first-order valence-corrected chi connectivity index (χ1v) is 10.0. The Bertz CT molecular complexity index is 706. The summed E-state index contributed by atoms with van der Waals surface area (Å²) in [6, 6.07) is 8.56. The van der Waals surface area contributed by atoms with Gasteiger partial charge in [-0.25, -0.2) is 4.79 Å². The molecule has 0 aromatic heterocycles. The molecule has 29 heavy (non-hydrogen) atoms. The lowest BCUT2D eigenvalue weighted by Crippen LogP contribution is -2.50. The second-order valence-corrected chi connectivity index (χ2v) is 7.15. The molecule has 1 fully saturated rings. The average Bonchev–Trinajstić information content (AvgIpc) is 3.05. The molecule has 1 heterocycles. The predicted molar refractivity (Wildman–Crippen MR) is 107 cm³/mol. The van der Waals surface area contributed by atoms with E-state index in [2.05, 4.69) is 10.6 Å². The van der Waals surface area contributed by atoms with Gasteiger partial charge in [-0.2, -0.15) is 0 Å². The predicted octanol–water partition coefficient (Wildman–Crippen LogP) is 1.98. The van der Waals surface area contributed by atoms with Crippen molar-refractivity contribution in [2.24, 2.45) is 5.92 Å². The van der Waals surface area contributed by atoms with Crippen LogP contribution in [0.4, 0.5) is 4.79 Å². The molecule has 2 rings (SSSR count). The van der Waals surface area contributed by atoms with Crippen molar-refractivity contribution in [2.45, 2.75) is 52.2 Å². The Hall–Kier alpha value is -2.90. The van der Waals surface area contributed by atoms with Crippen LogP contribution < -0.4 is 10.6 Å². The van der Waals surface area contributed by atoms with Crippen molar-refractivity contribution in [1.82, 2.24) is 15.5 Å². The Kier molecular flexibility index (Phi) is 8.64. The quantitative estimate of drug-likeness (QED) is 0.459. The Morgan fingerprint density at radius 1 is 1.14 bits per heavy atom. The van der Waals surface area contributed by atoms with E-state index >= 15 is 0 Å². The van der Waals surface area contributed by atoms with Crippen LogP contribution in [0.2, 0.25) is 0 Å². The fraction of sp³-hybridized carbons (Fsp3) is 0.524. The maximum Gasteiger partial charge on any atom is 0.408 e. The smallest absolute Gasteiger partial charge is 0.408 e. The van der Waals surface area contributed by atoms with Gasteiger partial charge in [0.05, 0.1) is 0 Å². The summed E-state index contributed by atoms with van der Waals surface area (Å²) in [7, 11) is 0. The number of alkyl carbamates (subject to hydrolysis) is 1. The molecule has 4 amide bonds. The summed E-state index contributed by atoms with van der Waals surface area (Å²) in [6.07, 6.45) is 1.04.